The SMILES string of the molecule is N#Cc1cc(Oc2ccc(Nc3ccc(F)c(F)c3)cc2)ccc1NS(=O)(=O)c1ccccc1. The van der Waals surface area contributed by atoms with Crippen LogP contribution in [0.4, 0.5) is 25.8 Å². The lowest BCUT2D eigenvalue weighted by Crippen LogP contribution is -2.13. The van der Waals surface area contributed by atoms with Crippen LogP contribution in [0, 0.1) is 23.0 Å². The van der Waals surface area contributed by atoms with Gasteiger partial charge in [0, 0.05) is 23.5 Å². The molecule has 4 rings (SSSR count). The van der Waals surface area contributed by atoms with E-state index in [1.165, 1.54) is 36.4 Å². The number of nitrogens with zero attached hydrogens (tertiary/aromatic N) is 1. The normalized spacial score (nSPS) is 10.9. The van der Waals surface area contributed by atoms with Gasteiger partial charge in [-0.05, 0) is 60.7 Å². The Labute approximate surface area is 195 Å². The Hall–Kier alpha value is -4.42. The van der Waals surface area contributed by atoms with E-state index in [1.54, 1.807) is 42.5 Å². The Bertz CT molecular complexity index is 1470. The second kappa shape index (κ2) is 9.60. The minimum atomic E-state index is -3.85. The van der Waals surface area contributed by atoms with E-state index in [0.717, 1.165) is 12.1 Å². The van der Waals surface area contributed by atoms with Gasteiger partial charge in [-0.1, -0.05) is 18.2 Å². The van der Waals surface area contributed by atoms with Gasteiger partial charge in [0.15, 0.2) is 11.6 Å². The third-order valence-electron chi connectivity index (χ3n) is 4.71. The predicted molar refractivity (Wildman–Crippen MR) is 125 cm³/mol. The summed E-state index contributed by atoms with van der Waals surface area (Å²) in [6.45, 7) is 0. The van der Waals surface area contributed by atoms with Crippen molar-refractivity contribution in [2.75, 3.05) is 10.0 Å². The van der Waals surface area contributed by atoms with Gasteiger partial charge in [0.25, 0.3) is 10.0 Å². The second-order valence-electron chi connectivity index (χ2n) is 7.12. The third-order valence-corrected chi connectivity index (χ3v) is 6.09. The largest absolute Gasteiger partial charge is 0.457 e. The van der Waals surface area contributed by atoms with Gasteiger partial charge in [0.05, 0.1) is 16.1 Å². The van der Waals surface area contributed by atoms with Crippen molar-refractivity contribution in [1.29, 1.82) is 5.26 Å². The van der Waals surface area contributed by atoms with Crippen molar-refractivity contribution in [3.05, 3.63) is 108 Å². The maximum atomic E-state index is 13.4. The van der Waals surface area contributed by atoms with Crippen LogP contribution in [0.2, 0.25) is 0 Å². The van der Waals surface area contributed by atoms with Gasteiger partial charge < -0.3 is 10.1 Å². The van der Waals surface area contributed by atoms with Gasteiger partial charge in [-0.2, -0.15) is 5.26 Å². The second-order valence-corrected chi connectivity index (χ2v) is 8.80. The number of hydrogen-bond acceptors (Lipinski definition) is 5. The number of ether oxygens (including phenoxy) is 1. The molecule has 0 radical (unpaired) electrons. The van der Waals surface area contributed by atoms with E-state index in [4.69, 9.17) is 4.74 Å². The van der Waals surface area contributed by atoms with Gasteiger partial charge in [0.2, 0.25) is 0 Å². The lowest BCUT2D eigenvalue weighted by atomic mass is 10.2. The molecule has 0 aromatic heterocycles. The zero-order valence-corrected chi connectivity index (χ0v) is 18.3. The number of hydrogen-bond donors (Lipinski definition) is 2. The van der Waals surface area contributed by atoms with Crippen molar-refractivity contribution in [3.8, 4) is 17.6 Å². The Kier molecular flexibility index (Phi) is 6.43. The molecule has 170 valence electrons. The summed E-state index contributed by atoms with van der Waals surface area (Å²) in [6, 6.07) is 24.4. The van der Waals surface area contributed by atoms with E-state index in [1.807, 2.05) is 6.07 Å². The Balaban J connectivity index is 1.47. The molecule has 0 unspecified atom stereocenters. The first-order chi connectivity index (χ1) is 16.3. The standard InChI is InChI=1S/C25H17F2N3O3S/c26-23-12-8-19(15-24(23)27)29-18-6-9-20(10-7-18)33-21-11-13-25(17(14-21)16-28)30-34(31,32)22-4-2-1-3-5-22/h1-15,29-30H. The van der Waals surface area contributed by atoms with Crippen LogP contribution in [-0.4, -0.2) is 8.42 Å². The maximum absolute atomic E-state index is 13.4. The Morgan fingerprint density at radius 3 is 2.12 bits per heavy atom. The maximum Gasteiger partial charge on any atom is 0.261 e. The third kappa shape index (κ3) is 5.31. The van der Waals surface area contributed by atoms with Gasteiger partial charge in [-0.15, -0.1) is 0 Å². The summed E-state index contributed by atoms with van der Waals surface area (Å²) in [7, 11) is -3.85. The van der Waals surface area contributed by atoms with Gasteiger partial charge in [-0.25, -0.2) is 17.2 Å². The molecule has 34 heavy (non-hydrogen) atoms. The summed E-state index contributed by atoms with van der Waals surface area (Å²) in [5, 5.41) is 12.4. The van der Waals surface area contributed by atoms with Crippen LogP contribution >= 0.6 is 0 Å². The van der Waals surface area contributed by atoms with Crippen molar-refractivity contribution < 1.29 is 21.9 Å². The molecule has 6 nitrogen and oxygen atoms in total. The first-order valence-corrected chi connectivity index (χ1v) is 11.4. The van der Waals surface area contributed by atoms with Crippen LogP contribution in [0.25, 0.3) is 0 Å². The highest BCUT2D eigenvalue weighted by atomic mass is 32.2. The monoisotopic (exact) mass is 477 g/mol. The van der Waals surface area contributed by atoms with E-state index in [-0.39, 0.29) is 16.1 Å². The van der Waals surface area contributed by atoms with Crippen molar-refractivity contribution >= 4 is 27.1 Å². The molecular formula is C25H17F2N3O3S. The van der Waals surface area contributed by atoms with Crippen molar-refractivity contribution in [2.45, 2.75) is 4.90 Å². The minimum absolute atomic E-state index is 0.0799. The number of rotatable bonds is 7. The molecule has 0 saturated carbocycles. The van der Waals surface area contributed by atoms with E-state index in [0.29, 0.717) is 22.9 Å². The van der Waals surface area contributed by atoms with Crippen LogP contribution in [0.1, 0.15) is 5.56 Å². The molecule has 4 aromatic carbocycles. The molecule has 0 aliphatic carbocycles. The van der Waals surface area contributed by atoms with E-state index < -0.39 is 21.7 Å². The molecule has 0 bridgehead atoms. The fourth-order valence-corrected chi connectivity index (χ4v) is 4.16. The Morgan fingerprint density at radius 1 is 0.765 bits per heavy atom. The Morgan fingerprint density at radius 2 is 1.44 bits per heavy atom. The van der Waals surface area contributed by atoms with Gasteiger partial charge >= 0.3 is 0 Å². The summed E-state index contributed by atoms with van der Waals surface area (Å²) in [5.41, 5.74) is 1.24. The minimum Gasteiger partial charge on any atom is -0.457 e. The molecule has 0 saturated heterocycles. The summed E-state index contributed by atoms with van der Waals surface area (Å²) < 4.78 is 59.7. The highest BCUT2D eigenvalue weighted by Gasteiger charge is 2.16. The smallest absolute Gasteiger partial charge is 0.261 e. The fourth-order valence-electron chi connectivity index (χ4n) is 3.05. The molecule has 9 heteroatoms. The first-order valence-electron chi connectivity index (χ1n) is 9.96. The lowest BCUT2D eigenvalue weighted by molar-refractivity contribution is 0.482. The lowest BCUT2D eigenvalue weighted by Gasteiger charge is -2.12. The van der Waals surface area contributed by atoms with E-state index >= 15 is 0 Å². The molecule has 0 spiro atoms. The molecule has 2 N–H and O–H groups in total. The summed E-state index contributed by atoms with van der Waals surface area (Å²) in [6.07, 6.45) is 0. The van der Waals surface area contributed by atoms with Crippen LogP contribution in [0.5, 0.6) is 11.5 Å². The molecule has 0 heterocycles. The molecule has 4 aromatic rings. The van der Waals surface area contributed by atoms with Crippen LogP contribution in [0.15, 0.2) is 95.9 Å². The molecule has 0 fully saturated rings. The quantitative estimate of drug-likeness (QED) is 0.332. The van der Waals surface area contributed by atoms with Gasteiger partial charge in [0.1, 0.15) is 17.6 Å². The number of sulfonamides is 1. The molecule has 0 aliphatic rings. The summed E-state index contributed by atoms with van der Waals surface area (Å²) in [5.74, 6) is -1.09. The first kappa shape index (κ1) is 22.8. The van der Waals surface area contributed by atoms with Crippen LogP contribution in [-0.2, 0) is 10.0 Å². The van der Waals surface area contributed by atoms with Crippen molar-refractivity contribution in [2.24, 2.45) is 0 Å². The number of benzene rings is 4. The van der Waals surface area contributed by atoms with Crippen LogP contribution in [0.3, 0.4) is 0 Å². The molecule has 0 atom stereocenters. The van der Waals surface area contributed by atoms with Gasteiger partial charge in [-0.3, -0.25) is 4.72 Å². The number of halogens is 2. The average Bonchev–Trinajstić information content (AvgIpc) is 2.84. The fraction of sp³-hybridized carbons (Fsp3) is 0. The topological polar surface area (TPSA) is 91.2 Å². The predicted octanol–water partition coefficient (Wildman–Crippen LogP) is 6.17. The summed E-state index contributed by atoms with van der Waals surface area (Å²) in [4.78, 5) is 0.0799. The highest BCUT2D eigenvalue weighted by molar-refractivity contribution is 7.92. The molecule has 0 amide bonds. The van der Waals surface area contributed by atoms with Crippen LogP contribution < -0.4 is 14.8 Å². The summed E-state index contributed by atoms with van der Waals surface area (Å²) >= 11 is 0. The van der Waals surface area contributed by atoms with E-state index in [2.05, 4.69) is 10.0 Å². The molecular weight excluding hydrogens is 460 g/mol. The highest BCUT2D eigenvalue weighted by Crippen LogP contribution is 2.29. The molecule has 0 aliphatic heterocycles. The average molecular weight is 477 g/mol. The zero-order valence-electron chi connectivity index (χ0n) is 17.5. The zero-order chi connectivity index (χ0) is 24.1. The number of nitriles is 1. The number of anilines is 3. The van der Waals surface area contributed by atoms with Crippen molar-refractivity contribution in [1.82, 2.24) is 0 Å². The van der Waals surface area contributed by atoms with Crippen molar-refractivity contribution in [3.63, 3.8) is 0 Å². The van der Waals surface area contributed by atoms with E-state index in [9.17, 15) is 22.5 Å². The number of nitrogens with one attached hydrogen (secondary N) is 2.